The van der Waals surface area contributed by atoms with E-state index in [-0.39, 0.29) is 28.5 Å². The first-order chi connectivity index (χ1) is 15.3. The number of piperidine rings is 1. The first-order valence-corrected chi connectivity index (χ1v) is 12.3. The number of methoxy groups -OCH3 is 2. The second-order valence-corrected chi connectivity index (χ2v) is 10.5. The molecule has 10 heteroatoms. The number of aromatic nitrogens is 1. The lowest BCUT2D eigenvalue weighted by Crippen LogP contribution is -2.39. The Hall–Kier alpha value is -2.82. The highest BCUT2D eigenvalue weighted by Gasteiger charge is 2.33. The molecule has 8 nitrogen and oxygen atoms in total. The summed E-state index contributed by atoms with van der Waals surface area (Å²) in [6, 6.07) is 11.5. The van der Waals surface area contributed by atoms with Crippen molar-refractivity contribution in [2.45, 2.75) is 23.7 Å². The third-order valence-corrected chi connectivity index (χ3v) is 8.47. The van der Waals surface area contributed by atoms with Crippen molar-refractivity contribution in [3.05, 3.63) is 58.6 Å². The average Bonchev–Trinajstić information content (AvgIpc) is 3.27. The lowest BCUT2D eigenvalue weighted by Gasteiger charge is -2.31. The number of para-hydroxylation sites is 1. The van der Waals surface area contributed by atoms with Crippen molar-refractivity contribution < 1.29 is 27.5 Å². The Morgan fingerprint density at radius 2 is 1.72 bits per heavy atom. The minimum Gasteiger partial charge on any atom is -0.465 e. The van der Waals surface area contributed by atoms with E-state index >= 15 is 0 Å². The van der Waals surface area contributed by atoms with Gasteiger partial charge >= 0.3 is 11.9 Å². The third-order valence-electron chi connectivity index (χ3n) is 5.43. The van der Waals surface area contributed by atoms with E-state index in [9.17, 15) is 18.0 Å². The molecule has 3 aromatic rings. The Labute approximate surface area is 189 Å². The summed E-state index contributed by atoms with van der Waals surface area (Å²) in [5.74, 6) is -1.50. The summed E-state index contributed by atoms with van der Waals surface area (Å²) in [6.07, 6.45) is 1.52. The number of carbonyl (C=O) groups is 2. The largest absolute Gasteiger partial charge is 0.465 e. The van der Waals surface area contributed by atoms with Crippen molar-refractivity contribution in [1.82, 2.24) is 9.29 Å². The Bertz CT molecular complexity index is 1220. The molecule has 1 atom stereocenters. The van der Waals surface area contributed by atoms with Crippen LogP contribution in [0.4, 0.5) is 0 Å². The molecule has 32 heavy (non-hydrogen) atoms. The number of esters is 2. The first-order valence-electron chi connectivity index (χ1n) is 10.0. The van der Waals surface area contributed by atoms with Gasteiger partial charge in [-0.3, -0.25) is 0 Å². The van der Waals surface area contributed by atoms with Crippen LogP contribution in [-0.2, 0) is 19.5 Å². The molecule has 1 saturated heterocycles. The molecule has 168 valence electrons. The van der Waals surface area contributed by atoms with Gasteiger partial charge in [-0.2, -0.15) is 4.31 Å². The maximum absolute atomic E-state index is 13.5. The number of nitrogens with zero attached hydrogens (tertiary/aromatic N) is 2. The summed E-state index contributed by atoms with van der Waals surface area (Å²) in [5, 5.41) is 0.907. The van der Waals surface area contributed by atoms with E-state index in [0.29, 0.717) is 13.0 Å². The highest BCUT2D eigenvalue weighted by Crippen LogP contribution is 2.35. The van der Waals surface area contributed by atoms with E-state index in [4.69, 9.17) is 14.5 Å². The van der Waals surface area contributed by atoms with Gasteiger partial charge < -0.3 is 9.47 Å². The number of hydrogen-bond acceptors (Lipinski definition) is 8. The Morgan fingerprint density at radius 3 is 2.34 bits per heavy atom. The summed E-state index contributed by atoms with van der Waals surface area (Å²) in [5.41, 5.74) is 0.836. The summed E-state index contributed by atoms with van der Waals surface area (Å²) >= 11 is 1.58. The second-order valence-electron chi connectivity index (χ2n) is 7.45. The van der Waals surface area contributed by atoms with Gasteiger partial charge in [0.2, 0.25) is 10.0 Å². The zero-order valence-corrected chi connectivity index (χ0v) is 19.2. The quantitative estimate of drug-likeness (QED) is 0.522. The van der Waals surface area contributed by atoms with Crippen molar-refractivity contribution >= 4 is 43.5 Å². The SMILES string of the molecule is COC(=O)c1cc(C(=O)OC)cc(S(=O)(=O)N2CCCC(c3nc4ccccc4s3)C2)c1. The van der Waals surface area contributed by atoms with E-state index < -0.39 is 22.0 Å². The number of benzene rings is 2. The average molecular weight is 475 g/mol. The summed E-state index contributed by atoms with van der Waals surface area (Å²) in [6.45, 7) is 0.623. The van der Waals surface area contributed by atoms with E-state index in [1.165, 1.54) is 36.7 Å². The van der Waals surface area contributed by atoms with Crippen LogP contribution in [0.15, 0.2) is 47.4 Å². The van der Waals surface area contributed by atoms with Gasteiger partial charge in [0.1, 0.15) is 0 Å². The van der Waals surface area contributed by atoms with Crippen LogP contribution in [0.3, 0.4) is 0 Å². The molecule has 1 unspecified atom stereocenters. The van der Waals surface area contributed by atoms with Crippen molar-refractivity contribution in [3.63, 3.8) is 0 Å². The fraction of sp³-hybridized carbons (Fsp3) is 0.318. The molecule has 0 amide bonds. The van der Waals surface area contributed by atoms with Crippen molar-refractivity contribution in [3.8, 4) is 0 Å². The van der Waals surface area contributed by atoms with E-state index in [1.54, 1.807) is 11.3 Å². The van der Waals surface area contributed by atoms with Crippen LogP contribution >= 0.6 is 11.3 Å². The molecular formula is C22H22N2O6S2. The molecule has 1 aliphatic rings. The van der Waals surface area contributed by atoms with Gasteiger partial charge in [-0.15, -0.1) is 11.3 Å². The van der Waals surface area contributed by atoms with Gasteiger partial charge in [0.25, 0.3) is 0 Å². The number of rotatable bonds is 5. The minimum atomic E-state index is -3.97. The van der Waals surface area contributed by atoms with E-state index in [0.717, 1.165) is 21.6 Å². The zero-order valence-electron chi connectivity index (χ0n) is 17.6. The van der Waals surface area contributed by atoms with Gasteiger partial charge in [-0.1, -0.05) is 12.1 Å². The van der Waals surface area contributed by atoms with Crippen LogP contribution in [0.2, 0.25) is 0 Å². The van der Waals surface area contributed by atoms with Crippen LogP contribution < -0.4 is 0 Å². The molecule has 0 radical (unpaired) electrons. The van der Waals surface area contributed by atoms with Gasteiger partial charge in [0.05, 0.1) is 45.5 Å². The van der Waals surface area contributed by atoms with Crippen LogP contribution in [0.5, 0.6) is 0 Å². The maximum atomic E-state index is 13.5. The molecule has 4 rings (SSSR count). The number of ether oxygens (including phenoxy) is 2. The van der Waals surface area contributed by atoms with Gasteiger partial charge in [-0.25, -0.2) is 23.0 Å². The molecular weight excluding hydrogens is 452 g/mol. The lowest BCUT2D eigenvalue weighted by molar-refractivity contribution is 0.0598. The number of sulfonamides is 1. The highest BCUT2D eigenvalue weighted by atomic mass is 32.2. The molecule has 0 aliphatic carbocycles. The minimum absolute atomic E-state index is 0.0280. The number of thiazole rings is 1. The molecule has 2 heterocycles. The van der Waals surface area contributed by atoms with Crippen LogP contribution in [0.25, 0.3) is 10.2 Å². The maximum Gasteiger partial charge on any atom is 0.337 e. The fourth-order valence-electron chi connectivity index (χ4n) is 3.80. The number of fused-ring (bicyclic) bond motifs is 1. The van der Waals surface area contributed by atoms with E-state index in [2.05, 4.69) is 0 Å². The van der Waals surface area contributed by atoms with Crippen molar-refractivity contribution in [2.24, 2.45) is 0 Å². The van der Waals surface area contributed by atoms with Crippen LogP contribution in [-0.4, -0.2) is 57.0 Å². The molecule has 0 saturated carbocycles. The van der Waals surface area contributed by atoms with Crippen molar-refractivity contribution in [2.75, 3.05) is 27.3 Å². The Kier molecular flexibility index (Phi) is 6.27. The molecule has 0 N–H and O–H groups in total. The molecule has 2 aromatic carbocycles. The molecule has 1 fully saturated rings. The molecule has 0 spiro atoms. The third kappa shape index (κ3) is 4.25. The van der Waals surface area contributed by atoms with Crippen LogP contribution in [0.1, 0.15) is 44.5 Å². The Balaban J connectivity index is 1.67. The standard InChI is InChI=1S/C22H22N2O6S2/c1-29-21(25)15-10-16(22(26)30-2)12-17(11-15)32(27,28)24-9-5-6-14(13-24)20-23-18-7-3-4-8-19(18)31-20/h3-4,7-8,10-12,14H,5-6,9,13H2,1-2H3. The van der Waals surface area contributed by atoms with Crippen LogP contribution in [0, 0.1) is 0 Å². The summed E-state index contributed by atoms with van der Waals surface area (Å²) in [7, 11) is -1.59. The highest BCUT2D eigenvalue weighted by molar-refractivity contribution is 7.89. The summed E-state index contributed by atoms with van der Waals surface area (Å²) in [4.78, 5) is 28.7. The fourth-order valence-corrected chi connectivity index (χ4v) is 6.48. The topological polar surface area (TPSA) is 103 Å². The number of carbonyl (C=O) groups excluding carboxylic acids is 2. The predicted molar refractivity (Wildman–Crippen MR) is 119 cm³/mol. The van der Waals surface area contributed by atoms with Crippen molar-refractivity contribution in [1.29, 1.82) is 0 Å². The lowest BCUT2D eigenvalue weighted by atomic mass is 10.0. The second kappa shape index (κ2) is 8.97. The molecule has 1 aliphatic heterocycles. The first kappa shape index (κ1) is 22.4. The van der Waals surface area contributed by atoms with Gasteiger partial charge in [0.15, 0.2) is 0 Å². The Morgan fingerprint density at radius 1 is 1.06 bits per heavy atom. The predicted octanol–water partition coefficient (Wildman–Crippen LogP) is 3.44. The monoisotopic (exact) mass is 474 g/mol. The van der Waals surface area contributed by atoms with E-state index in [1.807, 2.05) is 24.3 Å². The van der Waals surface area contributed by atoms with Gasteiger partial charge in [-0.05, 0) is 43.2 Å². The van der Waals surface area contributed by atoms with Gasteiger partial charge in [0, 0.05) is 19.0 Å². The summed E-state index contributed by atoms with van der Waals surface area (Å²) < 4.78 is 38.8. The molecule has 1 aromatic heterocycles. The molecule has 0 bridgehead atoms. The number of hydrogen-bond donors (Lipinski definition) is 0. The zero-order chi connectivity index (χ0) is 22.9. The normalized spacial score (nSPS) is 17.2. The smallest absolute Gasteiger partial charge is 0.337 e.